The van der Waals surface area contributed by atoms with Crippen LogP contribution < -0.4 is 0 Å². The highest BCUT2D eigenvalue weighted by atomic mass is 15.2. The third kappa shape index (κ3) is 4.98. The predicted octanol–water partition coefficient (Wildman–Crippen LogP) is 12.7. The Morgan fingerprint density at radius 2 is 0.845 bits per heavy atom. The molecular weight excluding hydrogens is 709 g/mol. The first kappa shape index (κ1) is 32.3. The Morgan fingerprint density at radius 3 is 1.52 bits per heavy atom. The lowest BCUT2D eigenvalue weighted by Gasteiger charge is -2.13. The maximum atomic E-state index is 5.33. The Hall–Kier alpha value is -7.96. The number of nitrogens with zero attached hydrogens (tertiary/aromatic N) is 6. The van der Waals surface area contributed by atoms with Crippen molar-refractivity contribution < 1.29 is 0 Å². The lowest BCUT2D eigenvalue weighted by molar-refractivity contribution is 0.954. The summed E-state index contributed by atoms with van der Waals surface area (Å²) in [4.78, 5) is 21.2. The molecule has 6 nitrogen and oxygen atoms in total. The first-order valence-corrected chi connectivity index (χ1v) is 19.5. The van der Waals surface area contributed by atoms with Crippen LogP contribution in [0, 0.1) is 0 Å². The number of imidazole rings is 1. The van der Waals surface area contributed by atoms with E-state index in [9.17, 15) is 0 Å². The molecule has 6 heteroatoms. The average Bonchev–Trinajstić information content (AvgIpc) is 3.86. The summed E-state index contributed by atoms with van der Waals surface area (Å²) in [5, 5.41) is 5.64. The van der Waals surface area contributed by atoms with E-state index in [-0.39, 0.29) is 0 Å². The zero-order valence-corrected chi connectivity index (χ0v) is 31.2. The van der Waals surface area contributed by atoms with Crippen LogP contribution in [0.15, 0.2) is 194 Å². The molecule has 12 rings (SSSR count). The Morgan fingerprint density at radius 1 is 0.310 bits per heavy atom. The molecule has 0 aliphatic carbocycles. The largest absolute Gasteiger partial charge is 0.292 e. The first-order valence-electron chi connectivity index (χ1n) is 19.5. The van der Waals surface area contributed by atoms with Crippen LogP contribution in [0.1, 0.15) is 0 Å². The zero-order chi connectivity index (χ0) is 38.2. The number of aromatic nitrogens is 6. The van der Waals surface area contributed by atoms with Gasteiger partial charge in [0.25, 0.3) is 0 Å². The molecule has 4 heterocycles. The van der Waals surface area contributed by atoms with Crippen LogP contribution in [0.5, 0.6) is 0 Å². The van der Waals surface area contributed by atoms with E-state index in [1.807, 2.05) is 12.1 Å². The molecule has 8 aromatic carbocycles. The summed E-state index contributed by atoms with van der Waals surface area (Å²) >= 11 is 0. The highest BCUT2D eigenvalue weighted by Crippen LogP contribution is 2.42. The van der Waals surface area contributed by atoms with Crippen LogP contribution in [-0.4, -0.2) is 28.9 Å². The van der Waals surface area contributed by atoms with Crippen molar-refractivity contribution in [2.24, 2.45) is 0 Å². The lowest BCUT2D eigenvalue weighted by atomic mass is 10.0. The van der Waals surface area contributed by atoms with E-state index in [1.165, 1.54) is 5.39 Å². The maximum Gasteiger partial charge on any atom is 0.238 e. The summed E-state index contributed by atoms with van der Waals surface area (Å²) in [5.74, 6) is 1.75. The van der Waals surface area contributed by atoms with Crippen molar-refractivity contribution in [1.82, 2.24) is 28.9 Å². The van der Waals surface area contributed by atoms with Crippen molar-refractivity contribution in [2.45, 2.75) is 0 Å². The minimum absolute atomic E-state index is 0.547. The summed E-state index contributed by atoms with van der Waals surface area (Å²) in [5.41, 5.74) is 12.4. The number of hydrogen-bond donors (Lipinski definition) is 0. The van der Waals surface area contributed by atoms with Crippen molar-refractivity contribution in [3.8, 4) is 51.0 Å². The highest BCUT2D eigenvalue weighted by molar-refractivity contribution is 6.29. The number of fused-ring (bicyclic) bond motifs is 12. The van der Waals surface area contributed by atoms with Crippen LogP contribution in [0.4, 0.5) is 0 Å². The van der Waals surface area contributed by atoms with Gasteiger partial charge in [0.05, 0.1) is 27.6 Å². The van der Waals surface area contributed by atoms with Crippen LogP contribution in [0.3, 0.4) is 0 Å². The fourth-order valence-corrected chi connectivity index (χ4v) is 8.73. The number of hydrogen-bond acceptors (Lipinski definition) is 4. The maximum absolute atomic E-state index is 5.33. The standard InChI is InChI=1S/C52H32N6/c1-3-15-33(16-4-1)35-19-13-21-37(31-35)49-54-50(38-22-14-20-36(32-38)34-17-5-2-6-18-34)56-52(55-49)58-44-27-11-8-24-41(44)47-46(58)30-29-40-39-23-7-10-26-43(39)57-45-28-12-9-25-42(45)53-51(57)48(40)47/h1-32H. The van der Waals surface area contributed by atoms with E-state index in [2.05, 4.69) is 191 Å². The van der Waals surface area contributed by atoms with Crippen molar-refractivity contribution in [3.63, 3.8) is 0 Å². The molecule has 4 aromatic heterocycles. The summed E-state index contributed by atoms with van der Waals surface area (Å²) < 4.78 is 4.52. The van der Waals surface area contributed by atoms with E-state index in [1.54, 1.807) is 0 Å². The number of benzene rings is 8. The van der Waals surface area contributed by atoms with Gasteiger partial charge < -0.3 is 0 Å². The predicted molar refractivity (Wildman–Crippen MR) is 237 cm³/mol. The van der Waals surface area contributed by atoms with E-state index in [4.69, 9.17) is 19.9 Å². The minimum atomic E-state index is 0.547. The fourth-order valence-electron chi connectivity index (χ4n) is 8.73. The molecule has 12 aromatic rings. The molecule has 270 valence electrons. The molecule has 0 atom stereocenters. The smallest absolute Gasteiger partial charge is 0.238 e. The monoisotopic (exact) mass is 740 g/mol. The zero-order valence-electron chi connectivity index (χ0n) is 31.2. The first-order chi connectivity index (χ1) is 28.8. The normalized spacial score (nSPS) is 11.8. The summed E-state index contributed by atoms with van der Waals surface area (Å²) in [6.07, 6.45) is 0. The van der Waals surface area contributed by atoms with Crippen LogP contribution >= 0.6 is 0 Å². The Bertz CT molecular complexity index is 3470. The lowest BCUT2D eigenvalue weighted by Crippen LogP contribution is -2.06. The van der Waals surface area contributed by atoms with Crippen LogP contribution in [-0.2, 0) is 0 Å². The van der Waals surface area contributed by atoms with Crippen LogP contribution in [0.25, 0.3) is 111 Å². The van der Waals surface area contributed by atoms with E-state index < -0.39 is 0 Å². The molecule has 0 N–H and O–H groups in total. The van der Waals surface area contributed by atoms with Gasteiger partial charge >= 0.3 is 0 Å². The topological polar surface area (TPSA) is 60.9 Å². The van der Waals surface area contributed by atoms with Gasteiger partial charge in [-0.1, -0.05) is 152 Å². The van der Waals surface area contributed by atoms with Gasteiger partial charge in [0.15, 0.2) is 11.6 Å². The Kier molecular flexibility index (Phi) is 7.13. The second kappa shape index (κ2) is 12.8. The number of para-hydroxylation sites is 4. The van der Waals surface area contributed by atoms with Crippen molar-refractivity contribution >= 4 is 60.2 Å². The second-order valence-electron chi connectivity index (χ2n) is 14.7. The average molecular weight is 741 g/mol. The Balaban J connectivity index is 1.17. The van der Waals surface area contributed by atoms with Gasteiger partial charge in [-0.3, -0.25) is 8.97 Å². The van der Waals surface area contributed by atoms with E-state index in [0.29, 0.717) is 17.6 Å². The van der Waals surface area contributed by atoms with Gasteiger partial charge in [0, 0.05) is 32.7 Å². The van der Waals surface area contributed by atoms with Crippen molar-refractivity contribution in [1.29, 1.82) is 0 Å². The third-order valence-corrected chi connectivity index (χ3v) is 11.3. The minimum Gasteiger partial charge on any atom is -0.292 e. The summed E-state index contributed by atoms with van der Waals surface area (Å²) in [7, 11) is 0. The van der Waals surface area contributed by atoms with Gasteiger partial charge in [-0.05, 0) is 70.1 Å². The van der Waals surface area contributed by atoms with Gasteiger partial charge in [-0.15, -0.1) is 0 Å². The molecule has 0 fully saturated rings. The summed E-state index contributed by atoms with van der Waals surface area (Å²) in [6, 6.07) is 67.8. The molecule has 58 heavy (non-hydrogen) atoms. The molecule has 0 amide bonds. The van der Waals surface area contributed by atoms with E-state index in [0.717, 1.165) is 88.2 Å². The van der Waals surface area contributed by atoms with E-state index >= 15 is 0 Å². The van der Waals surface area contributed by atoms with Crippen molar-refractivity contribution in [2.75, 3.05) is 0 Å². The SMILES string of the molecule is c1ccc(-c2cccc(-c3nc(-c4cccc(-c5ccccc5)c4)nc(-n4c5ccccc5c5c6c(ccc54)c4ccccc4n4c5ccccc5nc64)n3)c2)cc1. The van der Waals surface area contributed by atoms with Crippen LogP contribution in [0.2, 0.25) is 0 Å². The molecule has 0 aliphatic rings. The molecule has 0 aliphatic heterocycles. The summed E-state index contributed by atoms with van der Waals surface area (Å²) in [6.45, 7) is 0. The highest BCUT2D eigenvalue weighted by Gasteiger charge is 2.23. The fraction of sp³-hybridized carbons (Fsp3) is 0. The molecule has 0 bridgehead atoms. The second-order valence-corrected chi connectivity index (χ2v) is 14.7. The van der Waals surface area contributed by atoms with Gasteiger partial charge in [-0.25, -0.2) is 9.97 Å². The van der Waals surface area contributed by atoms with Gasteiger partial charge in [-0.2, -0.15) is 9.97 Å². The third-order valence-electron chi connectivity index (χ3n) is 11.3. The number of pyridine rings is 1. The molecular formula is C52H32N6. The molecule has 0 saturated heterocycles. The molecule has 0 unspecified atom stereocenters. The Labute approximate surface area is 333 Å². The number of rotatable bonds is 5. The van der Waals surface area contributed by atoms with Gasteiger partial charge in [0.1, 0.15) is 5.65 Å². The quantitative estimate of drug-likeness (QED) is 0.165. The molecule has 0 radical (unpaired) electrons. The molecule has 0 saturated carbocycles. The molecule has 0 spiro atoms. The van der Waals surface area contributed by atoms with Crippen molar-refractivity contribution in [3.05, 3.63) is 194 Å². The van der Waals surface area contributed by atoms with Gasteiger partial charge in [0.2, 0.25) is 5.95 Å².